The van der Waals surface area contributed by atoms with Gasteiger partial charge in [0.1, 0.15) is 6.61 Å². The summed E-state index contributed by atoms with van der Waals surface area (Å²) < 4.78 is 5.71. The maximum absolute atomic E-state index is 12.8. The molecule has 1 aromatic carbocycles. The lowest BCUT2D eigenvalue weighted by Gasteiger charge is -2.46. The van der Waals surface area contributed by atoms with Gasteiger partial charge in [-0.2, -0.15) is 0 Å². The summed E-state index contributed by atoms with van der Waals surface area (Å²) in [5.74, 6) is 1.25. The fourth-order valence-corrected chi connectivity index (χ4v) is 4.54. The molecule has 4 heteroatoms. The zero-order chi connectivity index (χ0) is 20.4. The van der Waals surface area contributed by atoms with Gasteiger partial charge in [0.2, 0.25) is 5.88 Å². The van der Waals surface area contributed by atoms with E-state index in [1.54, 1.807) is 6.20 Å². The van der Waals surface area contributed by atoms with E-state index >= 15 is 0 Å². The Bertz CT molecular complexity index is 792. The highest BCUT2D eigenvalue weighted by Crippen LogP contribution is 2.35. The molecule has 1 saturated heterocycles. The van der Waals surface area contributed by atoms with Crippen LogP contribution < -0.4 is 10.1 Å². The SMILES string of the molecule is Cc1ccc(OCc2ccc(C(=O)CC3CC(C)(C)NC(C)(C)C3)cc2)nc1. The van der Waals surface area contributed by atoms with Crippen LogP contribution in [0.5, 0.6) is 5.88 Å². The highest BCUT2D eigenvalue weighted by Gasteiger charge is 2.38. The van der Waals surface area contributed by atoms with E-state index in [1.807, 2.05) is 43.3 Å². The summed E-state index contributed by atoms with van der Waals surface area (Å²) in [6, 6.07) is 11.6. The third-order valence-electron chi connectivity index (χ3n) is 5.30. The normalized spacial score (nSPS) is 18.6. The number of pyridine rings is 1. The molecule has 2 heterocycles. The van der Waals surface area contributed by atoms with Gasteiger partial charge in [-0.05, 0) is 64.5 Å². The maximum Gasteiger partial charge on any atom is 0.213 e. The highest BCUT2D eigenvalue weighted by atomic mass is 16.5. The van der Waals surface area contributed by atoms with Gasteiger partial charge in [-0.1, -0.05) is 30.3 Å². The first-order valence-corrected chi connectivity index (χ1v) is 10.1. The van der Waals surface area contributed by atoms with Gasteiger partial charge in [0, 0.05) is 35.3 Å². The molecule has 0 amide bonds. The van der Waals surface area contributed by atoms with Crippen LogP contribution in [0.25, 0.3) is 0 Å². The zero-order valence-electron chi connectivity index (χ0n) is 17.7. The van der Waals surface area contributed by atoms with Crippen LogP contribution in [0, 0.1) is 12.8 Å². The number of nitrogens with one attached hydrogen (secondary N) is 1. The number of hydrogen-bond acceptors (Lipinski definition) is 4. The molecule has 3 rings (SSSR count). The minimum Gasteiger partial charge on any atom is -0.473 e. The number of hydrogen-bond donors (Lipinski definition) is 1. The molecular weight excluding hydrogens is 348 g/mol. The Kier molecular flexibility index (Phi) is 5.90. The summed E-state index contributed by atoms with van der Waals surface area (Å²) in [5, 5.41) is 3.68. The number of ketones is 1. The summed E-state index contributed by atoms with van der Waals surface area (Å²) in [6.07, 6.45) is 4.45. The molecule has 1 N–H and O–H groups in total. The predicted molar refractivity (Wildman–Crippen MR) is 113 cm³/mol. The van der Waals surface area contributed by atoms with Crippen LogP contribution in [-0.4, -0.2) is 21.8 Å². The van der Waals surface area contributed by atoms with E-state index in [4.69, 9.17) is 4.74 Å². The van der Waals surface area contributed by atoms with Crippen molar-refractivity contribution in [3.63, 3.8) is 0 Å². The van der Waals surface area contributed by atoms with Crippen molar-refractivity contribution in [2.75, 3.05) is 0 Å². The number of ether oxygens (including phenoxy) is 1. The Balaban J connectivity index is 1.56. The molecule has 0 radical (unpaired) electrons. The van der Waals surface area contributed by atoms with Gasteiger partial charge in [-0.15, -0.1) is 0 Å². The Morgan fingerprint density at radius 3 is 2.29 bits per heavy atom. The molecule has 0 bridgehead atoms. The number of nitrogens with zero attached hydrogens (tertiary/aromatic N) is 1. The first kappa shape index (κ1) is 20.5. The van der Waals surface area contributed by atoms with Crippen molar-refractivity contribution in [2.45, 2.75) is 71.6 Å². The first-order chi connectivity index (χ1) is 13.1. The summed E-state index contributed by atoms with van der Waals surface area (Å²) in [7, 11) is 0. The third kappa shape index (κ3) is 5.65. The molecule has 150 valence electrons. The van der Waals surface area contributed by atoms with Crippen LogP contribution in [0.1, 0.15) is 68.4 Å². The smallest absolute Gasteiger partial charge is 0.213 e. The van der Waals surface area contributed by atoms with Crippen molar-refractivity contribution in [1.29, 1.82) is 0 Å². The topological polar surface area (TPSA) is 51.2 Å². The first-order valence-electron chi connectivity index (χ1n) is 10.1. The van der Waals surface area contributed by atoms with E-state index < -0.39 is 0 Å². The fraction of sp³-hybridized carbons (Fsp3) is 0.500. The lowest BCUT2D eigenvalue weighted by molar-refractivity contribution is 0.0864. The molecule has 1 aliphatic rings. The van der Waals surface area contributed by atoms with Crippen molar-refractivity contribution in [1.82, 2.24) is 10.3 Å². The molecule has 0 unspecified atom stereocenters. The average Bonchev–Trinajstić information content (AvgIpc) is 2.59. The highest BCUT2D eigenvalue weighted by molar-refractivity contribution is 5.96. The van der Waals surface area contributed by atoms with Crippen LogP contribution in [0.3, 0.4) is 0 Å². The average molecular weight is 381 g/mol. The number of rotatable bonds is 6. The molecule has 1 fully saturated rings. The minimum absolute atomic E-state index is 0.0674. The molecule has 28 heavy (non-hydrogen) atoms. The largest absolute Gasteiger partial charge is 0.473 e. The van der Waals surface area contributed by atoms with Crippen molar-refractivity contribution < 1.29 is 9.53 Å². The van der Waals surface area contributed by atoms with Crippen molar-refractivity contribution in [3.05, 3.63) is 59.3 Å². The number of piperidine rings is 1. The van der Waals surface area contributed by atoms with Crippen LogP contribution in [0.2, 0.25) is 0 Å². The Morgan fingerprint density at radius 1 is 1.07 bits per heavy atom. The van der Waals surface area contributed by atoms with Crippen molar-refractivity contribution in [2.24, 2.45) is 5.92 Å². The van der Waals surface area contributed by atoms with Gasteiger partial charge >= 0.3 is 0 Å². The fourth-order valence-electron chi connectivity index (χ4n) is 4.54. The van der Waals surface area contributed by atoms with Crippen molar-refractivity contribution >= 4 is 5.78 Å². The molecule has 0 spiro atoms. The Labute approximate surface area is 168 Å². The molecule has 0 atom stereocenters. The maximum atomic E-state index is 12.8. The van der Waals surface area contributed by atoms with Gasteiger partial charge in [0.05, 0.1) is 0 Å². The van der Waals surface area contributed by atoms with E-state index in [0.29, 0.717) is 24.8 Å². The second-order valence-electron chi connectivity index (χ2n) is 9.45. The lowest BCUT2D eigenvalue weighted by atomic mass is 9.74. The van der Waals surface area contributed by atoms with E-state index in [9.17, 15) is 4.79 Å². The molecule has 0 saturated carbocycles. The van der Waals surface area contributed by atoms with E-state index in [2.05, 4.69) is 38.0 Å². The van der Waals surface area contributed by atoms with E-state index in [0.717, 1.165) is 29.5 Å². The quantitative estimate of drug-likeness (QED) is 0.709. The summed E-state index contributed by atoms with van der Waals surface area (Å²) in [5.41, 5.74) is 3.06. The van der Waals surface area contributed by atoms with Crippen LogP contribution >= 0.6 is 0 Å². The number of aryl methyl sites for hydroxylation is 1. The minimum atomic E-state index is 0.0674. The number of carbonyl (C=O) groups is 1. The Morgan fingerprint density at radius 2 is 1.71 bits per heavy atom. The molecule has 2 aromatic rings. The second-order valence-corrected chi connectivity index (χ2v) is 9.45. The summed E-state index contributed by atoms with van der Waals surface area (Å²) >= 11 is 0. The van der Waals surface area contributed by atoms with Crippen LogP contribution in [0.15, 0.2) is 42.6 Å². The number of carbonyl (C=O) groups excluding carboxylic acids is 1. The van der Waals surface area contributed by atoms with E-state index in [1.165, 1.54) is 0 Å². The second kappa shape index (κ2) is 8.04. The third-order valence-corrected chi connectivity index (χ3v) is 5.30. The molecular formula is C24H32N2O2. The van der Waals surface area contributed by atoms with Gasteiger partial charge in [0.15, 0.2) is 5.78 Å². The van der Waals surface area contributed by atoms with E-state index in [-0.39, 0.29) is 16.9 Å². The number of aromatic nitrogens is 1. The predicted octanol–water partition coefficient (Wildman–Crippen LogP) is 5.10. The van der Waals surface area contributed by atoms with Crippen LogP contribution in [0.4, 0.5) is 0 Å². The summed E-state index contributed by atoms with van der Waals surface area (Å²) in [6.45, 7) is 11.3. The van der Waals surface area contributed by atoms with Gasteiger partial charge in [0.25, 0.3) is 0 Å². The summed E-state index contributed by atoms with van der Waals surface area (Å²) in [4.78, 5) is 17.0. The van der Waals surface area contributed by atoms with Crippen LogP contribution in [-0.2, 0) is 6.61 Å². The molecule has 0 aliphatic carbocycles. The standard InChI is InChI=1S/C24H32N2O2/c1-17-6-11-22(25-15-17)28-16-18-7-9-20(10-8-18)21(27)12-19-13-23(2,3)26-24(4,5)14-19/h6-11,15,19,26H,12-14,16H2,1-5H3. The van der Waals surface area contributed by atoms with Gasteiger partial charge < -0.3 is 10.1 Å². The molecule has 1 aromatic heterocycles. The zero-order valence-corrected chi connectivity index (χ0v) is 17.7. The number of benzene rings is 1. The monoisotopic (exact) mass is 380 g/mol. The lowest BCUT2D eigenvalue weighted by Crippen LogP contribution is -2.57. The molecule has 1 aliphatic heterocycles. The number of Topliss-reactive ketones (excluding diaryl/α,β-unsaturated/α-hetero) is 1. The van der Waals surface area contributed by atoms with Gasteiger partial charge in [-0.25, -0.2) is 4.98 Å². The van der Waals surface area contributed by atoms with Gasteiger partial charge in [-0.3, -0.25) is 4.79 Å². The van der Waals surface area contributed by atoms with Crippen molar-refractivity contribution in [3.8, 4) is 5.88 Å². The Hall–Kier alpha value is -2.20. The molecule has 4 nitrogen and oxygen atoms in total.